The maximum Gasteiger partial charge on any atom is 0.416 e. The van der Waals surface area contributed by atoms with Gasteiger partial charge in [-0.3, -0.25) is 9.69 Å². The Bertz CT molecular complexity index is 329. The van der Waals surface area contributed by atoms with Crippen molar-refractivity contribution in [2.75, 3.05) is 19.6 Å². The predicted octanol–water partition coefficient (Wildman–Crippen LogP) is 2.27. The Balaban J connectivity index is 2.49. The molecule has 1 rings (SSSR count). The summed E-state index contributed by atoms with van der Waals surface area (Å²) in [6.07, 6.45) is -4.82. The van der Waals surface area contributed by atoms with Crippen molar-refractivity contribution in [1.82, 2.24) is 4.90 Å². The van der Waals surface area contributed by atoms with E-state index in [2.05, 4.69) is 6.58 Å². The molecule has 17 heavy (non-hydrogen) atoms. The molecule has 1 saturated heterocycles. The SMILES string of the molecule is C=C(CCN1CC(F)C1)/C(=C\C=O)C(F)(F)F. The monoisotopic (exact) mass is 251 g/mol. The molecule has 0 aromatic carbocycles. The van der Waals surface area contributed by atoms with E-state index in [1.165, 1.54) is 0 Å². The second-order valence-corrected chi connectivity index (χ2v) is 3.92. The van der Waals surface area contributed by atoms with Crippen molar-refractivity contribution in [2.45, 2.75) is 18.8 Å². The number of carbonyl (C=O) groups is 1. The van der Waals surface area contributed by atoms with E-state index in [9.17, 15) is 22.4 Å². The van der Waals surface area contributed by atoms with Crippen LogP contribution in [0, 0.1) is 0 Å². The van der Waals surface area contributed by atoms with Crippen molar-refractivity contribution in [3.63, 3.8) is 0 Å². The lowest BCUT2D eigenvalue weighted by Gasteiger charge is -2.34. The maximum absolute atomic E-state index is 12.5. The Morgan fingerprint density at radius 2 is 2.00 bits per heavy atom. The highest BCUT2D eigenvalue weighted by atomic mass is 19.4. The molecule has 0 atom stereocenters. The number of allylic oxidation sites excluding steroid dienone is 2. The number of aldehydes is 1. The van der Waals surface area contributed by atoms with Gasteiger partial charge in [0.25, 0.3) is 0 Å². The zero-order valence-corrected chi connectivity index (χ0v) is 9.13. The first kappa shape index (κ1) is 13.9. The first-order valence-electron chi connectivity index (χ1n) is 5.12. The highest BCUT2D eigenvalue weighted by Crippen LogP contribution is 2.31. The molecule has 1 fully saturated rings. The van der Waals surface area contributed by atoms with Crippen molar-refractivity contribution < 1.29 is 22.4 Å². The lowest BCUT2D eigenvalue weighted by Crippen LogP contribution is -2.48. The van der Waals surface area contributed by atoms with Gasteiger partial charge in [0, 0.05) is 19.6 Å². The second-order valence-electron chi connectivity index (χ2n) is 3.92. The van der Waals surface area contributed by atoms with E-state index in [0.717, 1.165) is 0 Å². The van der Waals surface area contributed by atoms with Gasteiger partial charge in [-0.15, -0.1) is 0 Å². The van der Waals surface area contributed by atoms with E-state index in [4.69, 9.17) is 0 Å². The normalized spacial score (nSPS) is 18.9. The molecule has 0 amide bonds. The van der Waals surface area contributed by atoms with Gasteiger partial charge in [0.2, 0.25) is 0 Å². The van der Waals surface area contributed by atoms with Gasteiger partial charge >= 0.3 is 6.18 Å². The molecule has 0 aromatic rings. The van der Waals surface area contributed by atoms with Crippen molar-refractivity contribution in [3.05, 3.63) is 23.8 Å². The molecule has 96 valence electrons. The summed E-state index contributed by atoms with van der Waals surface area (Å²) in [5.41, 5.74) is -1.16. The lowest BCUT2D eigenvalue weighted by molar-refractivity contribution is -0.106. The molecule has 0 aliphatic carbocycles. The summed E-state index contributed by atoms with van der Waals surface area (Å²) in [6.45, 7) is 4.16. The van der Waals surface area contributed by atoms with Crippen LogP contribution in [0.1, 0.15) is 6.42 Å². The van der Waals surface area contributed by atoms with Crippen LogP contribution in [-0.2, 0) is 4.79 Å². The van der Waals surface area contributed by atoms with Gasteiger partial charge in [-0.05, 0) is 18.1 Å². The summed E-state index contributed by atoms with van der Waals surface area (Å²) in [5, 5.41) is 0. The average Bonchev–Trinajstić information content (AvgIpc) is 2.17. The van der Waals surface area contributed by atoms with Crippen molar-refractivity contribution in [3.8, 4) is 0 Å². The smallest absolute Gasteiger partial charge is 0.299 e. The van der Waals surface area contributed by atoms with Gasteiger partial charge in [-0.2, -0.15) is 13.2 Å². The minimum atomic E-state index is -4.57. The molecule has 0 N–H and O–H groups in total. The van der Waals surface area contributed by atoms with Crippen LogP contribution >= 0.6 is 0 Å². The van der Waals surface area contributed by atoms with Crippen LogP contribution in [0.4, 0.5) is 17.6 Å². The van der Waals surface area contributed by atoms with Gasteiger partial charge in [-0.25, -0.2) is 4.39 Å². The van der Waals surface area contributed by atoms with Crippen LogP contribution in [0.2, 0.25) is 0 Å². The number of hydrogen-bond donors (Lipinski definition) is 0. The molecule has 1 aliphatic heterocycles. The van der Waals surface area contributed by atoms with Crippen LogP contribution in [0.25, 0.3) is 0 Å². The molecule has 0 spiro atoms. The predicted molar refractivity (Wildman–Crippen MR) is 55.3 cm³/mol. The number of nitrogens with zero attached hydrogens (tertiary/aromatic N) is 1. The molecular formula is C11H13F4NO. The summed E-state index contributed by atoms with van der Waals surface area (Å²) in [4.78, 5) is 11.8. The van der Waals surface area contributed by atoms with Crippen molar-refractivity contribution in [1.29, 1.82) is 0 Å². The summed E-state index contributed by atoms with van der Waals surface area (Å²) < 4.78 is 49.9. The van der Waals surface area contributed by atoms with Gasteiger partial charge in [0.15, 0.2) is 0 Å². The van der Waals surface area contributed by atoms with Gasteiger partial charge in [0.05, 0.1) is 5.57 Å². The van der Waals surface area contributed by atoms with Gasteiger partial charge in [-0.1, -0.05) is 6.58 Å². The minimum absolute atomic E-state index is 0.0753. The van der Waals surface area contributed by atoms with Gasteiger partial charge in [0.1, 0.15) is 12.5 Å². The Labute approximate surface area is 96.6 Å². The summed E-state index contributed by atoms with van der Waals surface area (Å²) in [7, 11) is 0. The fourth-order valence-corrected chi connectivity index (χ4v) is 1.60. The first-order valence-corrected chi connectivity index (χ1v) is 5.12. The van der Waals surface area contributed by atoms with Crippen molar-refractivity contribution in [2.24, 2.45) is 0 Å². The number of likely N-dealkylation sites (tertiary alicyclic amines) is 1. The lowest BCUT2D eigenvalue weighted by atomic mass is 10.0. The van der Waals surface area contributed by atoms with Crippen LogP contribution in [0.5, 0.6) is 0 Å². The van der Waals surface area contributed by atoms with Crippen LogP contribution in [0.15, 0.2) is 23.8 Å². The molecular weight excluding hydrogens is 238 g/mol. The summed E-state index contributed by atoms with van der Waals surface area (Å²) in [6, 6.07) is 0. The molecule has 1 heterocycles. The minimum Gasteiger partial charge on any atom is -0.299 e. The molecule has 6 heteroatoms. The molecule has 0 unspecified atom stereocenters. The fraction of sp³-hybridized carbons (Fsp3) is 0.545. The highest BCUT2D eigenvalue weighted by Gasteiger charge is 2.35. The molecule has 1 aliphatic rings. The van der Waals surface area contributed by atoms with E-state index in [1.807, 2.05) is 0 Å². The second kappa shape index (κ2) is 5.44. The van der Waals surface area contributed by atoms with Crippen molar-refractivity contribution >= 4 is 6.29 Å². The van der Waals surface area contributed by atoms with E-state index >= 15 is 0 Å². The fourth-order valence-electron chi connectivity index (χ4n) is 1.60. The number of halogens is 4. The third-order valence-corrected chi connectivity index (χ3v) is 2.56. The van der Waals surface area contributed by atoms with E-state index in [1.54, 1.807) is 4.90 Å². The van der Waals surface area contributed by atoms with Crippen LogP contribution < -0.4 is 0 Å². The third kappa shape index (κ3) is 3.96. The molecule has 0 saturated carbocycles. The molecule has 0 radical (unpaired) electrons. The Hall–Kier alpha value is -1.17. The molecule has 0 bridgehead atoms. The van der Waals surface area contributed by atoms with E-state index in [-0.39, 0.29) is 31.4 Å². The Morgan fingerprint density at radius 3 is 2.41 bits per heavy atom. The maximum atomic E-state index is 12.5. The van der Waals surface area contributed by atoms with E-state index < -0.39 is 17.9 Å². The quantitative estimate of drug-likeness (QED) is 0.323. The topological polar surface area (TPSA) is 20.3 Å². The summed E-state index contributed by atoms with van der Waals surface area (Å²) in [5.74, 6) is 0. The third-order valence-electron chi connectivity index (χ3n) is 2.56. The zero-order valence-electron chi connectivity index (χ0n) is 9.13. The average molecular weight is 251 g/mol. The molecule has 0 aromatic heterocycles. The molecule has 2 nitrogen and oxygen atoms in total. The standard InChI is InChI=1S/C11H13F4NO/c1-8(2-4-16-6-9(12)7-16)10(3-5-17)11(13,14)15/h3,5,9H,1-2,4,6-7H2/b10-3+. The number of rotatable bonds is 5. The highest BCUT2D eigenvalue weighted by molar-refractivity contribution is 5.68. The van der Waals surface area contributed by atoms with Crippen LogP contribution in [-0.4, -0.2) is 43.2 Å². The number of alkyl halides is 4. The Morgan fingerprint density at radius 1 is 1.41 bits per heavy atom. The van der Waals surface area contributed by atoms with Gasteiger partial charge < -0.3 is 0 Å². The van der Waals surface area contributed by atoms with E-state index in [0.29, 0.717) is 12.6 Å². The van der Waals surface area contributed by atoms with Crippen LogP contribution in [0.3, 0.4) is 0 Å². The first-order chi connectivity index (χ1) is 7.84. The number of hydrogen-bond acceptors (Lipinski definition) is 2. The number of carbonyl (C=O) groups excluding carboxylic acids is 1. The zero-order chi connectivity index (χ0) is 13.1. The Kier molecular flexibility index (Phi) is 4.45. The summed E-state index contributed by atoms with van der Waals surface area (Å²) >= 11 is 0. The largest absolute Gasteiger partial charge is 0.416 e.